The zero-order valence-electron chi connectivity index (χ0n) is 10.3. The molecule has 0 atom stereocenters. The normalized spacial score (nSPS) is 19.6. The van der Waals surface area contributed by atoms with Crippen LogP contribution in [-0.4, -0.2) is 54.5 Å². The van der Waals surface area contributed by atoms with Crippen LogP contribution < -0.4 is 5.32 Å². The molecule has 5 heteroatoms. The molecule has 0 spiro atoms. The van der Waals surface area contributed by atoms with E-state index in [4.69, 9.17) is 4.74 Å². The standard InChI is InChI=1S/C11H22N2O3/c1-9(2)12-10(14)13(3)8-11(15)4-6-16-7-5-11/h9,15H,4-8H2,1-3H3,(H,12,14). The van der Waals surface area contributed by atoms with Crippen molar-refractivity contribution in [2.75, 3.05) is 26.8 Å². The lowest BCUT2D eigenvalue weighted by atomic mass is 9.94. The van der Waals surface area contributed by atoms with Gasteiger partial charge in [-0.1, -0.05) is 0 Å². The Balaban J connectivity index is 2.42. The summed E-state index contributed by atoms with van der Waals surface area (Å²) in [5, 5.41) is 13.0. The van der Waals surface area contributed by atoms with Crippen molar-refractivity contribution < 1.29 is 14.6 Å². The van der Waals surface area contributed by atoms with Crippen molar-refractivity contribution >= 4 is 6.03 Å². The maximum atomic E-state index is 11.6. The highest BCUT2D eigenvalue weighted by atomic mass is 16.5. The zero-order valence-corrected chi connectivity index (χ0v) is 10.3. The molecule has 0 unspecified atom stereocenters. The molecule has 1 heterocycles. The van der Waals surface area contributed by atoms with Gasteiger partial charge in [0.25, 0.3) is 0 Å². The minimum atomic E-state index is -0.790. The number of nitrogens with one attached hydrogen (secondary N) is 1. The molecule has 1 saturated heterocycles. The average Bonchev–Trinajstić information content (AvgIpc) is 2.16. The Bertz CT molecular complexity index is 237. The summed E-state index contributed by atoms with van der Waals surface area (Å²) in [5.74, 6) is 0. The van der Waals surface area contributed by atoms with Gasteiger partial charge in [-0.25, -0.2) is 4.79 Å². The summed E-state index contributed by atoms with van der Waals surface area (Å²) in [5.41, 5.74) is -0.790. The van der Waals surface area contributed by atoms with Gasteiger partial charge >= 0.3 is 6.03 Å². The van der Waals surface area contributed by atoms with Crippen molar-refractivity contribution in [3.8, 4) is 0 Å². The van der Waals surface area contributed by atoms with Crippen LogP contribution in [0.25, 0.3) is 0 Å². The van der Waals surface area contributed by atoms with Gasteiger partial charge in [-0.3, -0.25) is 0 Å². The molecule has 1 fully saturated rings. The summed E-state index contributed by atoms with van der Waals surface area (Å²) < 4.78 is 5.19. The predicted octanol–water partition coefficient (Wildman–Crippen LogP) is 0.578. The van der Waals surface area contributed by atoms with E-state index in [-0.39, 0.29) is 12.1 Å². The molecule has 2 N–H and O–H groups in total. The predicted molar refractivity (Wildman–Crippen MR) is 61.3 cm³/mol. The van der Waals surface area contributed by atoms with E-state index in [0.717, 1.165) is 0 Å². The van der Waals surface area contributed by atoms with Gasteiger partial charge < -0.3 is 20.1 Å². The monoisotopic (exact) mass is 230 g/mol. The second kappa shape index (κ2) is 5.50. The molecule has 0 radical (unpaired) electrons. The van der Waals surface area contributed by atoms with E-state index in [2.05, 4.69) is 5.32 Å². The van der Waals surface area contributed by atoms with Gasteiger partial charge in [0.15, 0.2) is 0 Å². The van der Waals surface area contributed by atoms with Crippen molar-refractivity contribution in [1.29, 1.82) is 0 Å². The Morgan fingerprint density at radius 3 is 2.56 bits per heavy atom. The van der Waals surface area contributed by atoms with E-state index in [1.165, 1.54) is 4.90 Å². The molecule has 1 rings (SSSR count). The highest BCUT2D eigenvalue weighted by Crippen LogP contribution is 2.21. The van der Waals surface area contributed by atoms with Gasteiger partial charge in [0.2, 0.25) is 0 Å². The van der Waals surface area contributed by atoms with Crippen molar-refractivity contribution in [1.82, 2.24) is 10.2 Å². The van der Waals surface area contributed by atoms with Crippen molar-refractivity contribution in [3.63, 3.8) is 0 Å². The number of hydrogen-bond donors (Lipinski definition) is 2. The maximum absolute atomic E-state index is 11.6. The minimum absolute atomic E-state index is 0.110. The lowest BCUT2D eigenvalue weighted by Crippen LogP contribution is -2.50. The quantitative estimate of drug-likeness (QED) is 0.745. The number of urea groups is 1. The van der Waals surface area contributed by atoms with Gasteiger partial charge in [-0.2, -0.15) is 0 Å². The number of rotatable bonds is 3. The van der Waals surface area contributed by atoms with Crippen LogP contribution in [0.1, 0.15) is 26.7 Å². The Morgan fingerprint density at radius 1 is 1.50 bits per heavy atom. The van der Waals surface area contributed by atoms with Crippen LogP contribution >= 0.6 is 0 Å². The first-order valence-corrected chi connectivity index (χ1v) is 5.75. The molecule has 0 aliphatic carbocycles. The minimum Gasteiger partial charge on any atom is -0.388 e. The van der Waals surface area contributed by atoms with E-state index in [1.807, 2.05) is 13.8 Å². The van der Waals surface area contributed by atoms with Crippen LogP contribution in [0.5, 0.6) is 0 Å². The third-order valence-electron chi connectivity index (χ3n) is 2.71. The van der Waals surface area contributed by atoms with Crippen LogP contribution in [0.4, 0.5) is 4.79 Å². The molecular weight excluding hydrogens is 208 g/mol. The Morgan fingerprint density at radius 2 is 2.06 bits per heavy atom. The number of carbonyl (C=O) groups is 1. The van der Waals surface area contributed by atoms with Crippen LogP contribution in [0.15, 0.2) is 0 Å². The fourth-order valence-corrected chi connectivity index (χ4v) is 1.78. The van der Waals surface area contributed by atoms with Crippen molar-refractivity contribution in [2.24, 2.45) is 0 Å². The van der Waals surface area contributed by atoms with E-state index < -0.39 is 5.60 Å². The lowest BCUT2D eigenvalue weighted by Gasteiger charge is -2.35. The Kier molecular flexibility index (Phi) is 4.56. The van der Waals surface area contributed by atoms with Crippen molar-refractivity contribution in [2.45, 2.75) is 38.3 Å². The van der Waals surface area contributed by atoms with Crippen LogP contribution in [0.2, 0.25) is 0 Å². The van der Waals surface area contributed by atoms with Gasteiger partial charge in [0, 0.05) is 39.1 Å². The fraction of sp³-hybridized carbons (Fsp3) is 0.909. The Labute approximate surface area is 96.8 Å². The van der Waals surface area contributed by atoms with Gasteiger partial charge in [0.05, 0.1) is 12.1 Å². The Hall–Kier alpha value is -0.810. The summed E-state index contributed by atoms with van der Waals surface area (Å²) in [7, 11) is 1.70. The zero-order chi connectivity index (χ0) is 12.2. The van der Waals surface area contributed by atoms with Crippen LogP contribution in [-0.2, 0) is 4.74 Å². The first-order valence-electron chi connectivity index (χ1n) is 5.75. The number of hydrogen-bond acceptors (Lipinski definition) is 3. The number of carbonyl (C=O) groups excluding carboxylic acids is 1. The lowest BCUT2D eigenvalue weighted by molar-refractivity contribution is -0.0722. The molecule has 0 aromatic rings. The van der Waals surface area contributed by atoms with Gasteiger partial charge in [-0.05, 0) is 13.8 Å². The van der Waals surface area contributed by atoms with Crippen LogP contribution in [0, 0.1) is 0 Å². The molecule has 0 aromatic heterocycles. The third kappa shape index (κ3) is 3.98. The molecule has 94 valence electrons. The smallest absolute Gasteiger partial charge is 0.317 e. The molecule has 0 aromatic carbocycles. The highest BCUT2D eigenvalue weighted by molar-refractivity contribution is 5.74. The third-order valence-corrected chi connectivity index (χ3v) is 2.71. The summed E-state index contributed by atoms with van der Waals surface area (Å²) in [6.45, 7) is 5.31. The molecular formula is C11H22N2O3. The summed E-state index contributed by atoms with van der Waals surface area (Å²) in [4.78, 5) is 13.2. The molecule has 5 nitrogen and oxygen atoms in total. The SMILES string of the molecule is CC(C)NC(=O)N(C)CC1(O)CCOCC1. The largest absolute Gasteiger partial charge is 0.388 e. The topological polar surface area (TPSA) is 61.8 Å². The maximum Gasteiger partial charge on any atom is 0.317 e. The second-order valence-corrected chi connectivity index (χ2v) is 4.80. The summed E-state index contributed by atoms with van der Waals surface area (Å²) in [6, 6.07) is -0.0331. The molecule has 0 bridgehead atoms. The number of likely N-dealkylation sites (N-methyl/N-ethyl adjacent to an activating group) is 1. The number of nitrogens with zero attached hydrogens (tertiary/aromatic N) is 1. The van der Waals surface area contributed by atoms with E-state index >= 15 is 0 Å². The fourth-order valence-electron chi connectivity index (χ4n) is 1.78. The molecule has 2 amide bonds. The van der Waals surface area contributed by atoms with E-state index in [1.54, 1.807) is 7.05 Å². The number of aliphatic hydroxyl groups is 1. The first kappa shape index (κ1) is 13.3. The number of amides is 2. The van der Waals surface area contributed by atoms with Gasteiger partial charge in [-0.15, -0.1) is 0 Å². The second-order valence-electron chi connectivity index (χ2n) is 4.80. The molecule has 16 heavy (non-hydrogen) atoms. The summed E-state index contributed by atoms with van der Waals surface area (Å²) >= 11 is 0. The number of ether oxygens (including phenoxy) is 1. The molecule has 1 aliphatic heterocycles. The molecule has 0 saturated carbocycles. The van der Waals surface area contributed by atoms with E-state index in [9.17, 15) is 9.90 Å². The average molecular weight is 230 g/mol. The first-order chi connectivity index (χ1) is 7.43. The van der Waals surface area contributed by atoms with Crippen LogP contribution in [0.3, 0.4) is 0 Å². The van der Waals surface area contributed by atoms with E-state index in [0.29, 0.717) is 32.6 Å². The highest BCUT2D eigenvalue weighted by Gasteiger charge is 2.32. The summed E-state index contributed by atoms with van der Waals surface area (Å²) in [6.07, 6.45) is 1.18. The van der Waals surface area contributed by atoms with Gasteiger partial charge in [0.1, 0.15) is 0 Å². The van der Waals surface area contributed by atoms with Crippen molar-refractivity contribution in [3.05, 3.63) is 0 Å². The molecule has 1 aliphatic rings.